The van der Waals surface area contributed by atoms with Crippen LogP contribution in [0.15, 0.2) is 79.0 Å². The van der Waals surface area contributed by atoms with Crippen LogP contribution in [-0.2, 0) is 0 Å². The van der Waals surface area contributed by atoms with E-state index >= 15 is 0 Å². The molecule has 1 aromatic heterocycles. The van der Waals surface area contributed by atoms with Crippen molar-refractivity contribution in [2.24, 2.45) is 0 Å². The summed E-state index contributed by atoms with van der Waals surface area (Å²) < 4.78 is 12.4. The number of ether oxygens (including phenoxy) is 2. The highest BCUT2D eigenvalue weighted by Gasteiger charge is 2.20. The van der Waals surface area contributed by atoms with E-state index in [1.165, 1.54) is 0 Å². The standard InChI is InChI=1S/C25H23N3O3/c1-17-11-13-19(14-12-17)28-16-21(24(27-28)18-7-6-8-20(15-18)30-2)25(29)26-22-9-4-5-10-23(22)31-3/h4-16H,1-3H3,(H,26,29). The monoisotopic (exact) mass is 413 g/mol. The van der Waals surface area contributed by atoms with E-state index in [-0.39, 0.29) is 5.91 Å². The summed E-state index contributed by atoms with van der Waals surface area (Å²) in [4.78, 5) is 13.3. The highest BCUT2D eigenvalue weighted by atomic mass is 16.5. The van der Waals surface area contributed by atoms with Crippen molar-refractivity contribution in [2.75, 3.05) is 19.5 Å². The lowest BCUT2D eigenvalue weighted by Crippen LogP contribution is -2.13. The van der Waals surface area contributed by atoms with Crippen LogP contribution in [0.25, 0.3) is 16.9 Å². The predicted molar refractivity (Wildman–Crippen MR) is 121 cm³/mol. The fraction of sp³-hybridized carbons (Fsp3) is 0.120. The Hall–Kier alpha value is -4.06. The van der Waals surface area contributed by atoms with Crippen molar-refractivity contribution in [1.29, 1.82) is 0 Å². The summed E-state index contributed by atoms with van der Waals surface area (Å²) in [6, 6.07) is 22.8. The van der Waals surface area contributed by atoms with Gasteiger partial charge < -0.3 is 14.8 Å². The van der Waals surface area contributed by atoms with Gasteiger partial charge in [-0.05, 0) is 43.3 Å². The highest BCUT2D eigenvalue weighted by molar-refractivity contribution is 6.08. The average molecular weight is 413 g/mol. The van der Waals surface area contributed by atoms with Crippen molar-refractivity contribution in [3.8, 4) is 28.4 Å². The van der Waals surface area contributed by atoms with Crippen LogP contribution in [0.3, 0.4) is 0 Å². The molecular weight excluding hydrogens is 390 g/mol. The van der Waals surface area contributed by atoms with Gasteiger partial charge in [0.1, 0.15) is 17.2 Å². The first-order valence-corrected chi connectivity index (χ1v) is 9.84. The van der Waals surface area contributed by atoms with Crippen molar-refractivity contribution in [3.63, 3.8) is 0 Å². The Labute approximate surface area is 181 Å². The van der Waals surface area contributed by atoms with Gasteiger partial charge in [0.2, 0.25) is 0 Å². The largest absolute Gasteiger partial charge is 0.497 e. The van der Waals surface area contributed by atoms with Gasteiger partial charge in [-0.15, -0.1) is 0 Å². The van der Waals surface area contributed by atoms with E-state index in [2.05, 4.69) is 5.32 Å². The van der Waals surface area contributed by atoms with E-state index < -0.39 is 0 Å². The topological polar surface area (TPSA) is 65.4 Å². The molecule has 6 heteroatoms. The third-order valence-corrected chi connectivity index (χ3v) is 4.96. The number of carbonyl (C=O) groups is 1. The molecular formula is C25H23N3O3. The summed E-state index contributed by atoms with van der Waals surface area (Å²) >= 11 is 0. The SMILES string of the molecule is COc1cccc(-c2nn(-c3ccc(C)cc3)cc2C(=O)Nc2ccccc2OC)c1. The zero-order valence-corrected chi connectivity index (χ0v) is 17.6. The zero-order valence-electron chi connectivity index (χ0n) is 17.6. The molecule has 4 rings (SSSR count). The molecule has 0 bridgehead atoms. The van der Waals surface area contributed by atoms with Crippen molar-refractivity contribution >= 4 is 11.6 Å². The highest BCUT2D eigenvalue weighted by Crippen LogP contribution is 2.29. The molecule has 0 aliphatic rings. The Balaban J connectivity index is 1.79. The number of carbonyl (C=O) groups excluding carboxylic acids is 1. The zero-order chi connectivity index (χ0) is 21.8. The maximum Gasteiger partial charge on any atom is 0.259 e. The number of aromatic nitrogens is 2. The molecule has 4 aromatic rings. The minimum absolute atomic E-state index is 0.277. The second-order valence-corrected chi connectivity index (χ2v) is 7.06. The van der Waals surface area contributed by atoms with Crippen LogP contribution in [0.4, 0.5) is 5.69 Å². The number of nitrogens with one attached hydrogen (secondary N) is 1. The Morgan fingerprint density at radius 3 is 2.45 bits per heavy atom. The second kappa shape index (κ2) is 8.75. The smallest absolute Gasteiger partial charge is 0.259 e. The number of rotatable bonds is 6. The van der Waals surface area contributed by atoms with Crippen molar-refractivity contribution in [1.82, 2.24) is 9.78 Å². The Kier molecular flexibility index (Phi) is 5.71. The van der Waals surface area contributed by atoms with Crippen molar-refractivity contribution in [2.45, 2.75) is 6.92 Å². The minimum Gasteiger partial charge on any atom is -0.497 e. The molecule has 0 fully saturated rings. The summed E-state index contributed by atoms with van der Waals surface area (Å²) in [6.07, 6.45) is 1.74. The van der Waals surface area contributed by atoms with Gasteiger partial charge in [-0.3, -0.25) is 4.79 Å². The van der Waals surface area contributed by atoms with Gasteiger partial charge in [-0.1, -0.05) is 42.0 Å². The molecule has 1 N–H and O–H groups in total. The van der Waals surface area contributed by atoms with Gasteiger partial charge in [-0.2, -0.15) is 5.10 Å². The Bertz CT molecular complexity index is 1210. The molecule has 0 radical (unpaired) electrons. The molecule has 0 aliphatic heterocycles. The summed E-state index contributed by atoms with van der Waals surface area (Å²) in [5, 5.41) is 7.67. The number of aryl methyl sites for hydroxylation is 1. The quantitative estimate of drug-likeness (QED) is 0.477. The fourth-order valence-corrected chi connectivity index (χ4v) is 3.29. The van der Waals surface area contributed by atoms with E-state index in [1.54, 1.807) is 37.2 Å². The molecule has 0 unspecified atom stereocenters. The third-order valence-electron chi connectivity index (χ3n) is 4.96. The number of nitrogens with zero attached hydrogens (tertiary/aromatic N) is 2. The molecule has 6 nitrogen and oxygen atoms in total. The van der Waals surface area contributed by atoms with Crippen LogP contribution in [0.5, 0.6) is 11.5 Å². The molecule has 0 atom stereocenters. The minimum atomic E-state index is -0.277. The van der Waals surface area contributed by atoms with Crippen LogP contribution in [0.1, 0.15) is 15.9 Å². The fourth-order valence-electron chi connectivity index (χ4n) is 3.29. The summed E-state index contributed by atoms with van der Waals surface area (Å²) in [6.45, 7) is 2.03. The van der Waals surface area contributed by atoms with Crippen LogP contribution < -0.4 is 14.8 Å². The lowest BCUT2D eigenvalue weighted by Gasteiger charge is -2.10. The third kappa shape index (κ3) is 4.28. The van der Waals surface area contributed by atoms with Crippen LogP contribution in [-0.4, -0.2) is 29.9 Å². The summed E-state index contributed by atoms with van der Waals surface area (Å²) in [7, 11) is 3.18. The molecule has 1 heterocycles. The molecule has 0 aliphatic carbocycles. The first-order chi connectivity index (χ1) is 15.1. The lowest BCUT2D eigenvalue weighted by molar-refractivity contribution is 0.102. The van der Waals surface area contributed by atoms with Gasteiger partial charge in [0.05, 0.1) is 31.2 Å². The molecule has 0 saturated heterocycles. The Morgan fingerprint density at radius 2 is 1.71 bits per heavy atom. The van der Waals surface area contributed by atoms with Crippen molar-refractivity contribution in [3.05, 3.63) is 90.1 Å². The number of benzene rings is 3. The van der Waals surface area contributed by atoms with Gasteiger partial charge in [0, 0.05) is 11.8 Å². The lowest BCUT2D eigenvalue weighted by atomic mass is 10.1. The maximum absolute atomic E-state index is 13.3. The number of amides is 1. The molecule has 0 saturated carbocycles. The molecule has 0 spiro atoms. The summed E-state index contributed by atoms with van der Waals surface area (Å²) in [5.41, 5.74) is 4.40. The van der Waals surface area contributed by atoms with Crippen LogP contribution in [0, 0.1) is 6.92 Å². The number of anilines is 1. The number of hydrogen-bond donors (Lipinski definition) is 1. The summed E-state index contributed by atoms with van der Waals surface area (Å²) in [5.74, 6) is 1.00. The van der Waals surface area contributed by atoms with Crippen LogP contribution >= 0.6 is 0 Å². The van der Waals surface area contributed by atoms with Gasteiger partial charge >= 0.3 is 0 Å². The number of hydrogen-bond acceptors (Lipinski definition) is 4. The first-order valence-electron chi connectivity index (χ1n) is 9.84. The molecule has 156 valence electrons. The maximum atomic E-state index is 13.3. The number of para-hydroxylation sites is 2. The molecule has 3 aromatic carbocycles. The van der Waals surface area contributed by atoms with Crippen LogP contribution in [0.2, 0.25) is 0 Å². The van der Waals surface area contributed by atoms with E-state index in [0.29, 0.717) is 28.4 Å². The second-order valence-electron chi connectivity index (χ2n) is 7.06. The molecule has 1 amide bonds. The number of methoxy groups -OCH3 is 2. The first kappa shape index (κ1) is 20.2. The molecule has 31 heavy (non-hydrogen) atoms. The average Bonchev–Trinajstić information content (AvgIpc) is 3.25. The Morgan fingerprint density at radius 1 is 0.935 bits per heavy atom. The van der Waals surface area contributed by atoms with E-state index in [0.717, 1.165) is 16.8 Å². The normalized spacial score (nSPS) is 10.5. The van der Waals surface area contributed by atoms with Gasteiger partial charge in [0.25, 0.3) is 5.91 Å². The van der Waals surface area contributed by atoms with Gasteiger partial charge in [-0.25, -0.2) is 4.68 Å². The van der Waals surface area contributed by atoms with E-state index in [9.17, 15) is 4.79 Å². The predicted octanol–water partition coefficient (Wildman–Crippen LogP) is 5.12. The van der Waals surface area contributed by atoms with Crippen molar-refractivity contribution < 1.29 is 14.3 Å². The van der Waals surface area contributed by atoms with Gasteiger partial charge in [0.15, 0.2) is 0 Å². The van der Waals surface area contributed by atoms with E-state index in [4.69, 9.17) is 14.6 Å². The van der Waals surface area contributed by atoms with E-state index in [1.807, 2.05) is 67.6 Å².